The summed E-state index contributed by atoms with van der Waals surface area (Å²) in [6, 6.07) is 13.2. The maximum Gasteiger partial charge on any atom is 0.279 e. The van der Waals surface area contributed by atoms with Gasteiger partial charge in [0.1, 0.15) is 17.5 Å². The maximum absolute atomic E-state index is 12.5. The van der Waals surface area contributed by atoms with E-state index in [4.69, 9.17) is 21.1 Å². The highest BCUT2D eigenvalue weighted by Gasteiger charge is 2.34. The van der Waals surface area contributed by atoms with Gasteiger partial charge < -0.3 is 19.7 Å². The summed E-state index contributed by atoms with van der Waals surface area (Å²) in [4.78, 5) is 13.7. The Morgan fingerprint density at radius 3 is 2.81 bits per heavy atom. The second-order valence-corrected chi connectivity index (χ2v) is 6.88. The van der Waals surface area contributed by atoms with Gasteiger partial charge in [-0.3, -0.25) is 4.79 Å². The standard InChI is InChI=1S/C20H23ClN2O3/c1-25-16-8-9-19(26-2)17(12-16)18-7-4-10-23(18)13-20(24)22-15-6-3-5-14(21)11-15/h3,5-6,8-9,11-12,18H,4,7,10,13H2,1-2H3,(H,22,24)/p+1/t18-/m1/s1. The van der Waals surface area contributed by atoms with Gasteiger partial charge in [0.15, 0.2) is 6.54 Å². The van der Waals surface area contributed by atoms with Gasteiger partial charge in [-0.25, -0.2) is 0 Å². The Bertz CT molecular complexity index is 781. The second-order valence-electron chi connectivity index (χ2n) is 6.45. The van der Waals surface area contributed by atoms with Crippen molar-refractivity contribution in [2.24, 2.45) is 0 Å². The molecule has 1 unspecified atom stereocenters. The Morgan fingerprint density at radius 1 is 1.23 bits per heavy atom. The van der Waals surface area contributed by atoms with Gasteiger partial charge in [-0.2, -0.15) is 0 Å². The summed E-state index contributed by atoms with van der Waals surface area (Å²) in [6.45, 7) is 1.35. The fraction of sp³-hybridized carbons (Fsp3) is 0.350. The lowest BCUT2D eigenvalue weighted by atomic mass is 10.0. The summed E-state index contributed by atoms with van der Waals surface area (Å²) in [5, 5.41) is 3.54. The van der Waals surface area contributed by atoms with Crippen molar-refractivity contribution >= 4 is 23.2 Å². The van der Waals surface area contributed by atoms with Crippen LogP contribution >= 0.6 is 11.6 Å². The number of methoxy groups -OCH3 is 2. The minimum absolute atomic E-state index is 0.0176. The first-order valence-electron chi connectivity index (χ1n) is 8.72. The minimum Gasteiger partial charge on any atom is -0.497 e. The van der Waals surface area contributed by atoms with Gasteiger partial charge in [-0.1, -0.05) is 17.7 Å². The van der Waals surface area contributed by atoms with E-state index >= 15 is 0 Å². The van der Waals surface area contributed by atoms with Crippen LogP contribution in [0.1, 0.15) is 24.4 Å². The molecule has 138 valence electrons. The van der Waals surface area contributed by atoms with Crippen LogP contribution in [0.5, 0.6) is 11.5 Å². The number of halogens is 1. The van der Waals surface area contributed by atoms with E-state index in [1.165, 1.54) is 4.90 Å². The molecule has 3 rings (SSSR count). The zero-order valence-electron chi connectivity index (χ0n) is 15.0. The molecule has 2 aromatic carbocycles. The van der Waals surface area contributed by atoms with E-state index in [2.05, 4.69) is 5.32 Å². The van der Waals surface area contributed by atoms with Crippen molar-refractivity contribution in [1.29, 1.82) is 0 Å². The lowest BCUT2D eigenvalue weighted by Gasteiger charge is -2.23. The average Bonchev–Trinajstić information content (AvgIpc) is 3.08. The predicted molar refractivity (Wildman–Crippen MR) is 102 cm³/mol. The topological polar surface area (TPSA) is 52.0 Å². The molecule has 0 radical (unpaired) electrons. The Kier molecular flexibility index (Phi) is 6.01. The largest absolute Gasteiger partial charge is 0.497 e. The number of hydrogen-bond acceptors (Lipinski definition) is 3. The number of likely N-dealkylation sites (tertiary alicyclic amines) is 1. The van der Waals surface area contributed by atoms with Crippen molar-refractivity contribution in [2.45, 2.75) is 18.9 Å². The zero-order chi connectivity index (χ0) is 18.5. The fourth-order valence-corrected chi connectivity index (χ4v) is 3.78. The molecule has 2 N–H and O–H groups in total. The Labute approximate surface area is 158 Å². The summed E-state index contributed by atoms with van der Waals surface area (Å²) in [5.41, 5.74) is 1.81. The van der Waals surface area contributed by atoms with Gasteiger partial charge in [-0.15, -0.1) is 0 Å². The molecule has 0 bridgehead atoms. The molecule has 2 atom stereocenters. The van der Waals surface area contributed by atoms with Gasteiger partial charge >= 0.3 is 0 Å². The lowest BCUT2D eigenvalue weighted by molar-refractivity contribution is -0.910. The van der Waals surface area contributed by atoms with Gasteiger partial charge in [0.2, 0.25) is 0 Å². The number of carbonyl (C=O) groups excluding carboxylic acids is 1. The number of benzene rings is 2. The first-order chi connectivity index (χ1) is 12.6. The molecule has 1 heterocycles. The highest BCUT2D eigenvalue weighted by atomic mass is 35.5. The van der Waals surface area contributed by atoms with E-state index in [-0.39, 0.29) is 11.9 Å². The van der Waals surface area contributed by atoms with E-state index in [1.54, 1.807) is 26.4 Å². The molecule has 26 heavy (non-hydrogen) atoms. The van der Waals surface area contributed by atoms with E-state index in [0.29, 0.717) is 11.6 Å². The van der Waals surface area contributed by atoms with Crippen LogP contribution in [0.2, 0.25) is 5.02 Å². The van der Waals surface area contributed by atoms with Gasteiger partial charge in [-0.05, 0) is 36.4 Å². The van der Waals surface area contributed by atoms with Crippen LogP contribution in [0.4, 0.5) is 5.69 Å². The van der Waals surface area contributed by atoms with Gasteiger partial charge in [0, 0.05) is 23.6 Å². The average molecular weight is 376 g/mol. The normalized spacial score (nSPS) is 19.2. The molecule has 1 saturated heterocycles. The fourth-order valence-electron chi connectivity index (χ4n) is 3.59. The minimum atomic E-state index is -0.0176. The molecule has 1 aliphatic heterocycles. The summed E-state index contributed by atoms with van der Waals surface area (Å²) < 4.78 is 10.9. The molecular formula is C20H24ClN2O3+. The summed E-state index contributed by atoms with van der Waals surface area (Å²) in [6.07, 6.45) is 2.09. The smallest absolute Gasteiger partial charge is 0.279 e. The molecule has 0 saturated carbocycles. The summed E-state index contributed by atoms with van der Waals surface area (Å²) in [5.74, 6) is 1.62. The second kappa shape index (κ2) is 8.43. The van der Waals surface area contributed by atoms with Crippen LogP contribution in [-0.2, 0) is 4.79 Å². The van der Waals surface area contributed by atoms with Crippen LogP contribution in [0, 0.1) is 0 Å². The third-order valence-electron chi connectivity index (χ3n) is 4.79. The third-order valence-corrected chi connectivity index (χ3v) is 5.03. The quantitative estimate of drug-likeness (QED) is 0.816. The molecule has 0 spiro atoms. The molecule has 1 fully saturated rings. The lowest BCUT2D eigenvalue weighted by Crippen LogP contribution is -3.11. The summed E-state index contributed by atoms with van der Waals surface area (Å²) >= 11 is 5.98. The number of rotatable bonds is 6. The van der Waals surface area contributed by atoms with E-state index in [0.717, 1.165) is 42.1 Å². The van der Waals surface area contributed by atoms with Crippen LogP contribution < -0.4 is 19.7 Å². The third kappa shape index (κ3) is 4.29. The van der Waals surface area contributed by atoms with Crippen molar-refractivity contribution in [3.05, 3.63) is 53.1 Å². The van der Waals surface area contributed by atoms with Crippen molar-refractivity contribution in [2.75, 3.05) is 32.6 Å². The molecule has 6 heteroatoms. The molecular weight excluding hydrogens is 352 g/mol. The van der Waals surface area contributed by atoms with Crippen LogP contribution in [0.3, 0.4) is 0 Å². The number of ether oxygens (including phenoxy) is 2. The van der Waals surface area contributed by atoms with Gasteiger partial charge in [0.05, 0.1) is 26.3 Å². The Balaban J connectivity index is 1.73. The van der Waals surface area contributed by atoms with Gasteiger partial charge in [0.25, 0.3) is 5.91 Å². The highest BCUT2D eigenvalue weighted by molar-refractivity contribution is 6.30. The van der Waals surface area contributed by atoms with Crippen LogP contribution in [0.15, 0.2) is 42.5 Å². The Hall–Kier alpha value is -2.24. The number of amides is 1. The first kappa shape index (κ1) is 18.5. The molecule has 5 nitrogen and oxygen atoms in total. The predicted octanol–water partition coefficient (Wildman–Crippen LogP) is 2.72. The zero-order valence-corrected chi connectivity index (χ0v) is 15.8. The van der Waals surface area contributed by atoms with E-state index in [9.17, 15) is 4.79 Å². The highest BCUT2D eigenvalue weighted by Crippen LogP contribution is 2.31. The molecule has 1 amide bonds. The summed E-state index contributed by atoms with van der Waals surface area (Å²) in [7, 11) is 3.33. The van der Waals surface area contributed by atoms with Crippen molar-refractivity contribution in [3.63, 3.8) is 0 Å². The molecule has 0 aliphatic carbocycles. The van der Waals surface area contributed by atoms with E-state index in [1.807, 2.05) is 30.3 Å². The maximum atomic E-state index is 12.5. The van der Waals surface area contributed by atoms with Crippen molar-refractivity contribution < 1.29 is 19.2 Å². The molecule has 1 aliphatic rings. The molecule has 0 aromatic heterocycles. The number of carbonyl (C=O) groups is 1. The van der Waals surface area contributed by atoms with Crippen LogP contribution in [0.25, 0.3) is 0 Å². The number of anilines is 1. The van der Waals surface area contributed by atoms with Crippen LogP contribution in [-0.4, -0.2) is 33.2 Å². The van der Waals surface area contributed by atoms with Crippen molar-refractivity contribution in [3.8, 4) is 11.5 Å². The monoisotopic (exact) mass is 375 g/mol. The number of hydrogen-bond donors (Lipinski definition) is 2. The number of quaternary nitrogens is 1. The van der Waals surface area contributed by atoms with Crippen molar-refractivity contribution in [1.82, 2.24) is 0 Å². The first-order valence-corrected chi connectivity index (χ1v) is 9.10. The molecule has 2 aromatic rings. The number of nitrogens with one attached hydrogen (secondary N) is 2. The SMILES string of the molecule is COc1ccc(OC)c([C@H]2CCC[NH+]2CC(=O)Nc2cccc(Cl)c2)c1. The van der Waals surface area contributed by atoms with E-state index < -0.39 is 0 Å². The Morgan fingerprint density at radius 2 is 2.08 bits per heavy atom.